The zero-order chi connectivity index (χ0) is 30.7. The van der Waals surface area contributed by atoms with Crippen LogP contribution in [0.1, 0.15) is 64.1 Å². The number of benzene rings is 1. The number of aryl methyl sites for hydroxylation is 2. The largest absolute Gasteiger partial charge is 0.383 e. The molecule has 0 saturated carbocycles. The van der Waals surface area contributed by atoms with Crippen LogP contribution in [0.2, 0.25) is 0 Å². The van der Waals surface area contributed by atoms with Crippen LogP contribution < -0.4 is 11.1 Å². The number of nitrogen functional groups attached to an aromatic ring is 1. The molecule has 0 aliphatic rings. The second-order valence-electron chi connectivity index (χ2n) is 10.5. The third kappa shape index (κ3) is 12.9. The first kappa shape index (κ1) is 34.6. The number of nitrogens with one attached hydrogen (secondary N) is 1. The van der Waals surface area contributed by atoms with Crippen molar-refractivity contribution >= 4 is 11.6 Å². The van der Waals surface area contributed by atoms with Crippen molar-refractivity contribution in [2.24, 2.45) is 0 Å². The van der Waals surface area contributed by atoms with E-state index in [1.807, 2.05) is 12.3 Å². The second-order valence-corrected chi connectivity index (χ2v) is 10.5. The summed E-state index contributed by atoms with van der Waals surface area (Å²) in [5, 5.41) is 3.60. The maximum atomic E-state index is 11.0. The smallest absolute Gasteiger partial charge is 0.242 e. The number of halogens is 2. The Balaban J connectivity index is 0.000000928. The van der Waals surface area contributed by atoms with Crippen LogP contribution in [-0.2, 0) is 12.8 Å². The fraction of sp³-hybridized carbons (Fsp3) is 0.429. The van der Waals surface area contributed by atoms with Crippen LogP contribution in [0, 0.1) is 0 Å². The molecule has 2 aromatic heterocycles. The molecular formula is C35H49F2N5. The van der Waals surface area contributed by atoms with Crippen LogP contribution in [0.5, 0.6) is 0 Å². The van der Waals surface area contributed by atoms with Gasteiger partial charge in [0.05, 0.1) is 0 Å². The van der Waals surface area contributed by atoms with Gasteiger partial charge in [0, 0.05) is 36.5 Å². The lowest BCUT2D eigenvalue weighted by Crippen LogP contribution is -2.32. The highest BCUT2D eigenvalue weighted by atomic mass is 19.3. The number of nitrogens with two attached hydrogens (primary N) is 1. The standard InChI is InChI=1S/C31H43N5.C4H6F2/c1-5-20-36(21-11-10-14-28-17-15-25(6-2)31(32)34-28)22-19-29(24(3)4)35-30-18-16-27(23-33-30)26-12-8-7-9-13-26;1-2-3-4(5)6/h7-9,12-13,15-18,23,29H,3,5-6,10-11,14,19-22H2,1-2,4H3,(H2,32,34)(H,33,35);2,4H,1,3H2. The zero-order valence-electron chi connectivity index (χ0n) is 25.7. The first-order chi connectivity index (χ1) is 20.3. The minimum Gasteiger partial charge on any atom is -0.383 e. The molecule has 0 spiro atoms. The van der Waals surface area contributed by atoms with Crippen molar-refractivity contribution in [3.63, 3.8) is 0 Å². The number of nitrogens with zero attached hydrogens (tertiary/aromatic N) is 3. The Kier molecular flexibility index (Phi) is 16.1. The molecule has 2 heterocycles. The van der Waals surface area contributed by atoms with Gasteiger partial charge in [-0.15, -0.1) is 6.58 Å². The minimum absolute atomic E-state index is 0.194. The summed E-state index contributed by atoms with van der Waals surface area (Å²) in [6.45, 7) is 17.1. The quantitative estimate of drug-likeness (QED) is 0.124. The number of pyridine rings is 2. The molecule has 5 nitrogen and oxygen atoms in total. The van der Waals surface area contributed by atoms with Crippen LogP contribution in [0.3, 0.4) is 0 Å². The monoisotopic (exact) mass is 577 g/mol. The fourth-order valence-electron chi connectivity index (χ4n) is 4.62. The molecule has 0 aliphatic heterocycles. The van der Waals surface area contributed by atoms with Crippen molar-refractivity contribution in [3.05, 3.63) is 96.9 Å². The van der Waals surface area contributed by atoms with Crippen molar-refractivity contribution in [3.8, 4) is 11.1 Å². The summed E-state index contributed by atoms with van der Waals surface area (Å²) in [5.41, 5.74) is 11.8. The number of aromatic nitrogens is 2. The van der Waals surface area contributed by atoms with E-state index in [0.717, 1.165) is 86.4 Å². The number of unbranched alkanes of at least 4 members (excludes halogenated alkanes) is 1. The molecule has 0 amide bonds. The number of allylic oxidation sites excluding steroid dienone is 1. The molecule has 7 heteroatoms. The number of hydrogen-bond acceptors (Lipinski definition) is 5. The maximum Gasteiger partial charge on any atom is 0.242 e. The van der Waals surface area contributed by atoms with Gasteiger partial charge in [-0.05, 0) is 87.9 Å². The molecule has 42 heavy (non-hydrogen) atoms. The van der Waals surface area contributed by atoms with Crippen molar-refractivity contribution in [1.82, 2.24) is 14.9 Å². The second kappa shape index (κ2) is 19.5. The molecular weight excluding hydrogens is 528 g/mol. The molecule has 0 saturated heterocycles. The lowest BCUT2D eigenvalue weighted by molar-refractivity contribution is 0.152. The lowest BCUT2D eigenvalue weighted by atomic mass is 10.1. The van der Waals surface area contributed by atoms with Crippen LogP contribution in [0.4, 0.5) is 20.4 Å². The molecule has 3 aromatic rings. The van der Waals surface area contributed by atoms with E-state index in [4.69, 9.17) is 5.73 Å². The predicted octanol–water partition coefficient (Wildman–Crippen LogP) is 8.60. The Hall–Kier alpha value is -3.58. The minimum atomic E-state index is -2.22. The van der Waals surface area contributed by atoms with Gasteiger partial charge in [-0.25, -0.2) is 18.7 Å². The summed E-state index contributed by atoms with van der Waals surface area (Å²) in [4.78, 5) is 11.8. The van der Waals surface area contributed by atoms with Gasteiger partial charge in [0.1, 0.15) is 11.6 Å². The van der Waals surface area contributed by atoms with Crippen LogP contribution in [-0.4, -0.2) is 47.0 Å². The predicted molar refractivity (Wildman–Crippen MR) is 175 cm³/mol. The highest BCUT2D eigenvalue weighted by Crippen LogP contribution is 2.20. The van der Waals surface area contributed by atoms with E-state index >= 15 is 0 Å². The fourth-order valence-corrected chi connectivity index (χ4v) is 4.62. The molecule has 1 unspecified atom stereocenters. The molecule has 0 radical (unpaired) electrons. The average molecular weight is 578 g/mol. The third-order valence-corrected chi connectivity index (χ3v) is 7.01. The van der Waals surface area contributed by atoms with Crippen LogP contribution in [0.25, 0.3) is 11.1 Å². The van der Waals surface area contributed by atoms with E-state index in [0.29, 0.717) is 5.82 Å². The Morgan fingerprint density at radius 1 is 1.00 bits per heavy atom. The first-order valence-corrected chi connectivity index (χ1v) is 15.1. The van der Waals surface area contributed by atoms with Crippen molar-refractivity contribution in [2.75, 3.05) is 30.7 Å². The third-order valence-electron chi connectivity index (χ3n) is 7.01. The summed E-state index contributed by atoms with van der Waals surface area (Å²) in [6, 6.07) is 19.0. The Morgan fingerprint density at radius 2 is 1.76 bits per heavy atom. The van der Waals surface area contributed by atoms with Gasteiger partial charge in [0.25, 0.3) is 0 Å². The molecule has 1 atom stereocenters. The van der Waals surface area contributed by atoms with E-state index < -0.39 is 6.43 Å². The highest BCUT2D eigenvalue weighted by molar-refractivity contribution is 5.63. The van der Waals surface area contributed by atoms with Gasteiger partial charge in [-0.2, -0.15) is 0 Å². The summed E-state index contributed by atoms with van der Waals surface area (Å²) >= 11 is 0. The number of hydrogen-bond donors (Lipinski definition) is 2. The van der Waals surface area contributed by atoms with Gasteiger partial charge < -0.3 is 16.0 Å². The molecule has 228 valence electrons. The Bertz CT molecular complexity index is 1180. The van der Waals surface area contributed by atoms with Gasteiger partial charge in [0.2, 0.25) is 6.43 Å². The van der Waals surface area contributed by atoms with Gasteiger partial charge in [-0.1, -0.05) is 68.5 Å². The summed E-state index contributed by atoms with van der Waals surface area (Å²) in [5.74, 6) is 1.58. The van der Waals surface area contributed by atoms with E-state index in [9.17, 15) is 8.78 Å². The molecule has 1 aromatic carbocycles. The van der Waals surface area contributed by atoms with Gasteiger partial charge in [-0.3, -0.25) is 0 Å². The molecule has 3 N–H and O–H groups in total. The normalized spacial score (nSPS) is 11.6. The Morgan fingerprint density at radius 3 is 2.31 bits per heavy atom. The summed E-state index contributed by atoms with van der Waals surface area (Å²) in [6.07, 6.45) is 7.08. The van der Waals surface area contributed by atoms with E-state index in [2.05, 4.69) is 103 Å². The van der Waals surface area contributed by atoms with E-state index in [1.54, 1.807) is 0 Å². The van der Waals surface area contributed by atoms with Gasteiger partial charge in [0.15, 0.2) is 0 Å². The van der Waals surface area contributed by atoms with Crippen LogP contribution in [0.15, 0.2) is 85.6 Å². The molecule has 0 aliphatic carbocycles. The van der Waals surface area contributed by atoms with Crippen molar-refractivity contribution < 1.29 is 8.78 Å². The van der Waals surface area contributed by atoms with Crippen molar-refractivity contribution in [1.29, 1.82) is 0 Å². The van der Waals surface area contributed by atoms with Crippen molar-refractivity contribution in [2.45, 2.75) is 78.2 Å². The van der Waals surface area contributed by atoms with E-state index in [-0.39, 0.29) is 12.5 Å². The molecule has 3 rings (SSSR count). The summed E-state index contributed by atoms with van der Waals surface area (Å²) < 4.78 is 21.9. The number of rotatable bonds is 17. The maximum absolute atomic E-state index is 11.0. The molecule has 0 bridgehead atoms. The van der Waals surface area contributed by atoms with Crippen LogP contribution >= 0.6 is 0 Å². The lowest BCUT2D eigenvalue weighted by Gasteiger charge is -2.26. The highest BCUT2D eigenvalue weighted by Gasteiger charge is 2.13. The summed E-state index contributed by atoms with van der Waals surface area (Å²) in [7, 11) is 0. The topological polar surface area (TPSA) is 67.1 Å². The SMILES string of the molecule is C=C(C)C(CCN(CCC)CCCCc1ccc(CC)c(N)n1)Nc1ccc(-c2ccccc2)cn1.C=CCC(F)F. The molecule has 0 fully saturated rings. The van der Waals surface area contributed by atoms with E-state index in [1.165, 1.54) is 11.6 Å². The Labute approximate surface area is 252 Å². The number of alkyl halides is 2. The number of anilines is 2. The van der Waals surface area contributed by atoms with Gasteiger partial charge >= 0.3 is 0 Å². The average Bonchev–Trinajstić information content (AvgIpc) is 2.98. The first-order valence-electron chi connectivity index (χ1n) is 15.1. The zero-order valence-corrected chi connectivity index (χ0v) is 25.7.